The number of hydrogen-bond donors (Lipinski definition) is 0. The molecule has 4 aliphatic rings. The average molecular weight is 625 g/mol. The van der Waals surface area contributed by atoms with Crippen molar-refractivity contribution in [3.05, 3.63) is 92.8 Å². The molecule has 6 heterocycles. The van der Waals surface area contributed by atoms with Gasteiger partial charge in [0.15, 0.2) is 0 Å². The lowest BCUT2D eigenvalue weighted by Gasteiger charge is -2.67. The Morgan fingerprint density at radius 3 is 1.30 bits per heavy atom. The minimum Gasteiger partial charge on any atom is -0.339 e. The van der Waals surface area contributed by atoms with E-state index in [0.29, 0.717) is 26.7 Å². The molecular weight excluding hydrogens is 580 g/mol. The van der Waals surface area contributed by atoms with Crippen molar-refractivity contribution >= 4 is 11.4 Å². The second-order valence-electron chi connectivity index (χ2n) is 13.6. The van der Waals surface area contributed by atoms with Crippen molar-refractivity contribution in [1.82, 2.24) is 38.3 Å². The summed E-state index contributed by atoms with van der Waals surface area (Å²) in [5.41, 5.74) is 5.29. The predicted molar refractivity (Wildman–Crippen MR) is 180 cm³/mol. The number of rotatable bonds is 4. The van der Waals surface area contributed by atoms with Crippen molar-refractivity contribution in [2.45, 2.75) is 52.1 Å². The molecule has 2 unspecified atom stereocenters. The SMILES string of the molecule is Cc1c(N2CN3C[C@H](C)N4CN(c5c(C)n(C)n(-c6ccccc6)c5=O)CN5C[C@@H](C)N(C2)C3C54)c(=O)n(-c2ccccc2)n1C. The summed E-state index contributed by atoms with van der Waals surface area (Å²) in [5.74, 6) is 0. The van der Waals surface area contributed by atoms with E-state index in [2.05, 4.69) is 57.1 Å². The zero-order valence-electron chi connectivity index (χ0n) is 27.6. The summed E-state index contributed by atoms with van der Waals surface area (Å²) >= 11 is 0. The van der Waals surface area contributed by atoms with Crippen LogP contribution in [0.1, 0.15) is 25.2 Å². The molecule has 242 valence electrons. The van der Waals surface area contributed by atoms with Gasteiger partial charge in [0.2, 0.25) is 0 Å². The topological polar surface area (TPSA) is 73.3 Å². The highest BCUT2D eigenvalue weighted by Gasteiger charge is 2.55. The van der Waals surface area contributed by atoms with E-state index in [0.717, 1.165) is 47.2 Å². The largest absolute Gasteiger partial charge is 0.339 e. The van der Waals surface area contributed by atoms with Crippen LogP contribution in [-0.2, 0) is 14.1 Å². The van der Waals surface area contributed by atoms with Gasteiger partial charge in [0.25, 0.3) is 11.1 Å². The van der Waals surface area contributed by atoms with Crippen molar-refractivity contribution in [2.75, 3.05) is 49.6 Å². The summed E-state index contributed by atoms with van der Waals surface area (Å²) in [5, 5.41) is 0. The first-order valence-electron chi connectivity index (χ1n) is 16.3. The molecule has 4 fully saturated rings. The van der Waals surface area contributed by atoms with E-state index >= 15 is 0 Å². The summed E-state index contributed by atoms with van der Waals surface area (Å²) in [4.78, 5) is 42.9. The molecule has 4 saturated heterocycles. The predicted octanol–water partition coefficient (Wildman–Crippen LogP) is 2.12. The molecule has 0 N–H and O–H groups in total. The maximum Gasteiger partial charge on any atom is 0.295 e. The molecular formula is C34H44N10O2. The molecule has 12 nitrogen and oxygen atoms in total. The molecule has 4 atom stereocenters. The number of para-hydroxylation sites is 2. The standard InChI is InChI=1S/C34H44N10O2/c1-23-17-37-19-40(30-26(4)36(6)44(34(30)46)28-15-11-8-12-16-28)22-42-24(2)18-38-20-39(21-41(23)31(38)32(37)42)29-25(3)35(5)43(33(29)45)27-13-9-7-10-14-27/h7-16,23-24,31-32H,17-22H2,1-6H3/t23-,24+,31?,32?. The van der Waals surface area contributed by atoms with Crippen LogP contribution in [0, 0.1) is 13.8 Å². The van der Waals surface area contributed by atoms with Crippen LogP contribution in [0.2, 0.25) is 0 Å². The van der Waals surface area contributed by atoms with Crippen LogP contribution in [0.25, 0.3) is 11.4 Å². The molecule has 0 amide bonds. The lowest BCUT2D eigenvalue weighted by molar-refractivity contribution is -0.207. The van der Waals surface area contributed by atoms with Crippen molar-refractivity contribution < 1.29 is 0 Å². The number of benzene rings is 2. The number of anilines is 2. The highest BCUT2D eigenvalue weighted by Crippen LogP contribution is 2.39. The fourth-order valence-corrected chi connectivity index (χ4v) is 8.54. The molecule has 0 aliphatic carbocycles. The molecule has 2 aromatic heterocycles. The van der Waals surface area contributed by atoms with E-state index < -0.39 is 0 Å². The van der Waals surface area contributed by atoms with Gasteiger partial charge in [-0.1, -0.05) is 36.4 Å². The summed E-state index contributed by atoms with van der Waals surface area (Å²) in [6.45, 7) is 13.3. The Morgan fingerprint density at radius 2 is 0.935 bits per heavy atom. The van der Waals surface area contributed by atoms with Crippen LogP contribution in [0.5, 0.6) is 0 Å². The molecule has 46 heavy (non-hydrogen) atoms. The second kappa shape index (κ2) is 10.7. The molecule has 0 bridgehead atoms. The third kappa shape index (κ3) is 4.20. The van der Waals surface area contributed by atoms with E-state index in [9.17, 15) is 9.59 Å². The first kappa shape index (κ1) is 29.3. The van der Waals surface area contributed by atoms with Crippen LogP contribution < -0.4 is 20.9 Å². The smallest absolute Gasteiger partial charge is 0.295 e. The first-order valence-corrected chi connectivity index (χ1v) is 16.3. The van der Waals surface area contributed by atoms with E-state index in [4.69, 9.17) is 0 Å². The molecule has 0 saturated carbocycles. The summed E-state index contributed by atoms with van der Waals surface area (Å²) in [7, 11) is 3.94. The van der Waals surface area contributed by atoms with Crippen molar-refractivity contribution in [3.63, 3.8) is 0 Å². The summed E-state index contributed by atoms with van der Waals surface area (Å²) < 4.78 is 7.53. The summed E-state index contributed by atoms with van der Waals surface area (Å²) in [6.07, 6.45) is 0.410. The highest BCUT2D eigenvalue weighted by molar-refractivity contribution is 5.53. The van der Waals surface area contributed by atoms with Crippen LogP contribution in [0.3, 0.4) is 0 Å². The van der Waals surface area contributed by atoms with E-state index in [-0.39, 0.29) is 35.5 Å². The Bertz CT molecular complexity index is 1750. The third-order valence-electron chi connectivity index (χ3n) is 10.9. The van der Waals surface area contributed by atoms with E-state index in [1.165, 1.54) is 0 Å². The lowest BCUT2D eigenvalue weighted by Crippen LogP contribution is -2.84. The fourth-order valence-electron chi connectivity index (χ4n) is 8.54. The van der Waals surface area contributed by atoms with E-state index in [1.807, 2.05) is 84.1 Å². The van der Waals surface area contributed by atoms with Gasteiger partial charge in [-0.15, -0.1) is 0 Å². The lowest BCUT2D eigenvalue weighted by atomic mass is 9.99. The van der Waals surface area contributed by atoms with Gasteiger partial charge < -0.3 is 9.80 Å². The Balaban J connectivity index is 1.11. The Kier molecular flexibility index (Phi) is 6.84. The minimum atomic E-state index is 0.0234. The number of nitrogens with zero attached hydrogens (tertiary/aromatic N) is 10. The molecule has 8 rings (SSSR count). The Labute approximate surface area is 269 Å². The fraction of sp³-hybridized carbons (Fsp3) is 0.471. The highest BCUT2D eigenvalue weighted by atomic mass is 16.1. The molecule has 0 radical (unpaired) electrons. The average Bonchev–Trinajstić information content (AvgIpc) is 3.41. The number of aromatic nitrogens is 4. The number of hydrogen-bond acceptors (Lipinski definition) is 8. The molecule has 12 heteroatoms. The minimum absolute atomic E-state index is 0.0234. The van der Waals surface area contributed by atoms with Crippen molar-refractivity contribution in [1.29, 1.82) is 0 Å². The van der Waals surface area contributed by atoms with Crippen molar-refractivity contribution in [2.24, 2.45) is 14.1 Å². The molecule has 0 spiro atoms. The second-order valence-corrected chi connectivity index (χ2v) is 13.6. The quantitative estimate of drug-likeness (QED) is 0.342. The van der Waals surface area contributed by atoms with Crippen LogP contribution >= 0.6 is 0 Å². The van der Waals surface area contributed by atoms with Gasteiger partial charge in [-0.05, 0) is 52.0 Å². The van der Waals surface area contributed by atoms with Gasteiger partial charge >= 0.3 is 0 Å². The van der Waals surface area contributed by atoms with Gasteiger partial charge in [-0.3, -0.25) is 38.6 Å². The van der Waals surface area contributed by atoms with Gasteiger partial charge in [0, 0.05) is 39.3 Å². The molecule has 4 aliphatic heterocycles. The van der Waals surface area contributed by atoms with Gasteiger partial charge in [0.05, 0.1) is 61.8 Å². The van der Waals surface area contributed by atoms with Gasteiger partial charge in [-0.2, -0.15) is 0 Å². The van der Waals surface area contributed by atoms with E-state index in [1.54, 1.807) is 9.36 Å². The Hall–Kier alpha value is -4.10. The zero-order valence-corrected chi connectivity index (χ0v) is 27.6. The van der Waals surface area contributed by atoms with Gasteiger partial charge in [-0.25, -0.2) is 9.36 Å². The zero-order chi connectivity index (χ0) is 32.0. The summed E-state index contributed by atoms with van der Waals surface area (Å²) in [6, 6.07) is 20.3. The number of piperazine rings is 2. The normalized spacial score (nSPS) is 25.7. The van der Waals surface area contributed by atoms with Crippen molar-refractivity contribution in [3.8, 4) is 11.4 Å². The van der Waals surface area contributed by atoms with Crippen LogP contribution in [-0.4, -0.2) is 103 Å². The third-order valence-corrected chi connectivity index (χ3v) is 10.9. The van der Waals surface area contributed by atoms with Crippen LogP contribution in [0.15, 0.2) is 70.3 Å². The van der Waals surface area contributed by atoms with Gasteiger partial charge in [0.1, 0.15) is 11.4 Å². The molecule has 4 aromatic rings. The maximum absolute atomic E-state index is 14.0. The molecule has 2 aromatic carbocycles. The maximum atomic E-state index is 14.0. The first-order chi connectivity index (χ1) is 22.2. The van der Waals surface area contributed by atoms with Crippen LogP contribution in [0.4, 0.5) is 11.4 Å². The Morgan fingerprint density at radius 1 is 0.565 bits per heavy atom. The monoisotopic (exact) mass is 624 g/mol.